The Hall–Kier alpha value is -1.74. The second kappa shape index (κ2) is 6.14. The summed E-state index contributed by atoms with van der Waals surface area (Å²) < 4.78 is 26.5. The van der Waals surface area contributed by atoms with Gasteiger partial charge in [-0.3, -0.25) is 4.79 Å². The van der Waals surface area contributed by atoms with E-state index in [0.717, 1.165) is 22.5 Å². The van der Waals surface area contributed by atoms with Gasteiger partial charge in [0.1, 0.15) is 10.7 Å². The molecular formula is C10H7ClF2N4O2S. The fourth-order valence-electron chi connectivity index (χ4n) is 1.31. The number of aliphatic carboxylic acids is 1. The molecule has 2 rings (SSSR count). The molecule has 0 unspecified atom stereocenters. The summed E-state index contributed by atoms with van der Waals surface area (Å²) >= 11 is 6.45. The summed E-state index contributed by atoms with van der Waals surface area (Å²) in [6.45, 7) is 0. The SMILES string of the molecule is O=C(O)CSc1cc(C(F)F)nn1-c1ccc(Cl)nn1. The van der Waals surface area contributed by atoms with Crippen LogP contribution in [0.1, 0.15) is 12.1 Å². The summed E-state index contributed by atoms with van der Waals surface area (Å²) in [5.41, 5.74) is -0.463. The van der Waals surface area contributed by atoms with Crippen LogP contribution in [0.4, 0.5) is 8.78 Å². The molecule has 0 aromatic carbocycles. The Morgan fingerprint density at radius 2 is 2.20 bits per heavy atom. The summed E-state index contributed by atoms with van der Waals surface area (Å²) in [4.78, 5) is 10.6. The van der Waals surface area contributed by atoms with E-state index < -0.39 is 18.1 Å². The smallest absolute Gasteiger partial charge is 0.313 e. The van der Waals surface area contributed by atoms with Crippen LogP contribution in [-0.4, -0.2) is 36.8 Å². The Kier molecular flexibility index (Phi) is 4.50. The first-order chi connectivity index (χ1) is 9.47. The Bertz CT molecular complexity index is 620. The molecular weight excluding hydrogens is 314 g/mol. The molecule has 0 radical (unpaired) electrons. The Labute approximate surface area is 120 Å². The van der Waals surface area contributed by atoms with Crippen molar-refractivity contribution >= 4 is 29.3 Å². The molecule has 0 spiro atoms. The molecule has 0 saturated heterocycles. The fraction of sp³-hybridized carbons (Fsp3) is 0.200. The monoisotopic (exact) mass is 320 g/mol. The molecule has 106 valence electrons. The van der Waals surface area contributed by atoms with Crippen molar-refractivity contribution in [3.05, 3.63) is 29.0 Å². The lowest BCUT2D eigenvalue weighted by Gasteiger charge is -2.04. The summed E-state index contributed by atoms with van der Waals surface area (Å²) in [5, 5.41) is 20.0. The van der Waals surface area contributed by atoms with Crippen LogP contribution in [0.25, 0.3) is 5.82 Å². The van der Waals surface area contributed by atoms with Crippen LogP contribution in [-0.2, 0) is 4.79 Å². The number of hydrogen-bond donors (Lipinski definition) is 1. The van der Waals surface area contributed by atoms with Crippen LogP contribution in [0.15, 0.2) is 23.2 Å². The largest absolute Gasteiger partial charge is 0.481 e. The fourth-order valence-corrected chi connectivity index (χ4v) is 2.15. The van der Waals surface area contributed by atoms with Gasteiger partial charge in [0, 0.05) is 0 Å². The van der Waals surface area contributed by atoms with Gasteiger partial charge in [-0.1, -0.05) is 23.4 Å². The van der Waals surface area contributed by atoms with E-state index in [1.165, 1.54) is 12.1 Å². The highest BCUT2D eigenvalue weighted by molar-refractivity contribution is 7.99. The highest BCUT2D eigenvalue weighted by atomic mass is 35.5. The lowest BCUT2D eigenvalue weighted by molar-refractivity contribution is -0.133. The quantitative estimate of drug-likeness (QED) is 0.852. The van der Waals surface area contributed by atoms with E-state index in [-0.39, 0.29) is 21.7 Å². The number of hydrogen-bond acceptors (Lipinski definition) is 5. The van der Waals surface area contributed by atoms with E-state index in [1.54, 1.807) is 0 Å². The molecule has 10 heteroatoms. The highest BCUT2D eigenvalue weighted by Gasteiger charge is 2.18. The predicted octanol–water partition coefficient (Wildman–Crippen LogP) is 2.43. The second-order valence-corrected chi connectivity index (χ2v) is 4.90. The maximum Gasteiger partial charge on any atom is 0.313 e. The normalized spacial score (nSPS) is 11.0. The zero-order valence-electron chi connectivity index (χ0n) is 9.70. The molecule has 6 nitrogen and oxygen atoms in total. The maximum absolute atomic E-state index is 12.7. The first-order valence-electron chi connectivity index (χ1n) is 5.19. The number of carboxylic acids is 1. The van der Waals surface area contributed by atoms with Crippen molar-refractivity contribution in [2.24, 2.45) is 0 Å². The third kappa shape index (κ3) is 3.42. The van der Waals surface area contributed by atoms with Gasteiger partial charge in [0.2, 0.25) is 0 Å². The average molecular weight is 321 g/mol. The maximum atomic E-state index is 12.7. The van der Waals surface area contributed by atoms with Crippen molar-refractivity contribution in [1.29, 1.82) is 0 Å². The van der Waals surface area contributed by atoms with Crippen molar-refractivity contribution in [3.8, 4) is 5.82 Å². The summed E-state index contributed by atoms with van der Waals surface area (Å²) in [5.74, 6) is -1.17. The minimum Gasteiger partial charge on any atom is -0.481 e. The summed E-state index contributed by atoms with van der Waals surface area (Å²) in [6, 6.07) is 4.00. The third-order valence-electron chi connectivity index (χ3n) is 2.10. The number of carbonyl (C=O) groups is 1. The van der Waals surface area contributed by atoms with Gasteiger partial charge >= 0.3 is 5.97 Å². The van der Waals surface area contributed by atoms with E-state index in [2.05, 4.69) is 15.3 Å². The molecule has 0 aliphatic rings. The van der Waals surface area contributed by atoms with Gasteiger partial charge in [-0.25, -0.2) is 13.5 Å². The molecule has 2 aromatic rings. The number of rotatable bonds is 5. The zero-order chi connectivity index (χ0) is 14.7. The molecule has 2 heterocycles. The van der Waals surface area contributed by atoms with Gasteiger partial charge in [-0.2, -0.15) is 5.10 Å². The highest BCUT2D eigenvalue weighted by Crippen LogP contribution is 2.26. The van der Waals surface area contributed by atoms with Gasteiger partial charge in [-0.05, 0) is 18.2 Å². The number of aromatic nitrogens is 4. The first-order valence-corrected chi connectivity index (χ1v) is 6.56. The van der Waals surface area contributed by atoms with E-state index in [9.17, 15) is 13.6 Å². The molecule has 0 bridgehead atoms. The van der Waals surface area contributed by atoms with Crippen LogP contribution >= 0.6 is 23.4 Å². The number of halogens is 3. The van der Waals surface area contributed by atoms with Crippen molar-refractivity contribution in [1.82, 2.24) is 20.0 Å². The third-order valence-corrected chi connectivity index (χ3v) is 3.28. The van der Waals surface area contributed by atoms with Crippen molar-refractivity contribution in [2.75, 3.05) is 5.75 Å². The molecule has 0 fully saturated rings. The minimum absolute atomic E-state index is 0.148. The van der Waals surface area contributed by atoms with E-state index in [4.69, 9.17) is 16.7 Å². The van der Waals surface area contributed by atoms with E-state index in [1.807, 2.05) is 0 Å². The number of nitrogens with zero attached hydrogens (tertiary/aromatic N) is 4. The molecule has 20 heavy (non-hydrogen) atoms. The first kappa shape index (κ1) is 14.7. The molecule has 0 amide bonds. The van der Waals surface area contributed by atoms with Crippen molar-refractivity contribution in [2.45, 2.75) is 11.5 Å². The standard InChI is InChI=1S/C10H7ClF2N4O2S/c11-6-1-2-7(15-14-6)17-8(20-4-9(18)19)3-5(16-17)10(12)13/h1-3,10H,4H2,(H,18,19). The molecule has 2 aromatic heterocycles. The molecule has 1 N–H and O–H groups in total. The van der Waals surface area contributed by atoms with E-state index in [0.29, 0.717) is 0 Å². The van der Waals surface area contributed by atoms with Crippen LogP contribution in [0.2, 0.25) is 5.15 Å². The zero-order valence-corrected chi connectivity index (χ0v) is 11.3. The van der Waals surface area contributed by atoms with Crippen LogP contribution in [0.5, 0.6) is 0 Å². The van der Waals surface area contributed by atoms with Crippen molar-refractivity contribution < 1.29 is 18.7 Å². The average Bonchev–Trinajstić information content (AvgIpc) is 2.81. The van der Waals surface area contributed by atoms with Crippen LogP contribution in [0, 0.1) is 0 Å². The summed E-state index contributed by atoms with van der Waals surface area (Å²) in [6.07, 6.45) is -2.76. The lowest BCUT2D eigenvalue weighted by atomic mass is 10.5. The number of thioether (sulfide) groups is 1. The van der Waals surface area contributed by atoms with Crippen molar-refractivity contribution in [3.63, 3.8) is 0 Å². The topological polar surface area (TPSA) is 80.9 Å². The van der Waals surface area contributed by atoms with Gasteiger partial charge in [0.05, 0.1) is 5.75 Å². The van der Waals surface area contributed by atoms with Crippen LogP contribution < -0.4 is 0 Å². The Balaban J connectivity index is 2.38. The van der Waals surface area contributed by atoms with E-state index >= 15 is 0 Å². The minimum atomic E-state index is -2.76. The Morgan fingerprint density at radius 3 is 2.75 bits per heavy atom. The van der Waals surface area contributed by atoms with Gasteiger partial charge in [0.15, 0.2) is 11.0 Å². The van der Waals surface area contributed by atoms with Gasteiger partial charge in [-0.15, -0.1) is 10.2 Å². The molecule has 0 atom stereocenters. The van der Waals surface area contributed by atoms with Crippen LogP contribution in [0.3, 0.4) is 0 Å². The molecule has 0 saturated carbocycles. The predicted molar refractivity (Wildman–Crippen MR) is 67.5 cm³/mol. The Morgan fingerprint density at radius 1 is 1.45 bits per heavy atom. The van der Waals surface area contributed by atoms with Gasteiger partial charge < -0.3 is 5.11 Å². The molecule has 0 aliphatic carbocycles. The second-order valence-electron chi connectivity index (χ2n) is 3.52. The number of alkyl halides is 2. The number of carboxylic acid groups (broad SMARTS) is 1. The lowest BCUT2D eigenvalue weighted by Crippen LogP contribution is -2.05. The summed E-state index contributed by atoms with van der Waals surface area (Å²) in [7, 11) is 0. The molecule has 0 aliphatic heterocycles. The van der Waals surface area contributed by atoms with Gasteiger partial charge in [0.25, 0.3) is 6.43 Å².